The van der Waals surface area contributed by atoms with Crippen LogP contribution in [0.2, 0.25) is 0 Å². The summed E-state index contributed by atoms with van der Waals surface area (Å²) >= 11 is 0. The Morgan fingerprint density at radius 3 is 2.76 bits per heavy atom. The van der Waals surface area contributed by atoms with E-state index in [1.54, 1.807) is 13.1 Å². The van der Waals surface area contributed by atoms with Crippen LogP contribution in [0.1, 0.15) is 82.8 Å². The molecule has 46 heavy (non-hydrogen) atoms. The van der Waals surface area contributed by atoms with Gasteiger partial charge in [-0.1, -0.05) is 25.2 Å². The average molecular weight is 642 g/mol. The predicted octanol–water partition coefficient (Wildman–Crippen LogP) is 2.34. The fourth-order valence-corrected chi connectivity index (χ4v) is 7.59. The third-order valence-electron chi connectivity index (χ3n) is 10.3. The van der Waals surface area contributed by atoms with Gasteiger partial charge in [-0.05, 0) is 81.8 Å². The highest BCUT2D eigenvalue weighted by Gasteiger charge is 2.40. The summed E-state index contributed by atoms with van der Waals surface area (Å²) < 4.78 is 12.5. The van der Waals surface area contributed by atoms with Gasteiger partial charge < -0.3 is 46.5 Å². The van der Waals surface area contributed by atoms with Crippen molar-refractivity contribution >= 4 is 11.9 Å². The van der Waals surface area contributed by atoms with Crippen molar-refractivity contribution in [1.29, 1.82) is 0 Å². The van der Waals surface area contributed by atoms with Gasteiger partial charge in [-0.2, -0.15) is 0 Å². The molecule has 11 heteroatoms. The lowest BCUT2D eigenvalue weighted by molar-refractivity contribution is -0.152. The molecule has 2 aliphatic heterocycles. The number of benzene rings is 1. The number of hydrogen-bond acceptors (Lipinski definition) is 9. The van der Waals surface area contributed by atoms with Crippen LogP contribution in [0.3, 0.4) is 0 Å². The number of phenols is 1. The third-order valence-corrected chi connectivity index (χ3v) is 10.3. The van der Waals surface area contributed by atoms with Gasteiger partial charge in [0.25, 0.3) is 0 Å². The molecule has 1 saturated heterocycles. The number of aliphatic hydroxyl groups excluding tert-OH is 2. The van der Waals surface area contributed by atoms with Gasteiger partial charge in [0.1, 0.15) is 12.2 Å². The molecule has 0 spiro atoms. The normalized spacial score (nSPS) is 32.1. The second kappa shape index (κ2) is 16.2. The second-order valence-corrected chi connectivity index (χ2v) is 13.5. The molecule has 2 heterocycles. The standard InChI is InChI=1S/C35H55N5O6/c1-5-34(21-39-33(36)38-4)12-8-24-7-6-11-35(22-37-3)19-28(10-14-40-35)46-32-17-25(26(20-41)16-30(32)44)15-29(24)31(45-23(2)42)18-27(43)9-13-34/h16-17,24,27-29,31,37,40-41,43-44H,5-7,9-11,13-15,18-22H2,1-4H3,(H3,36,38,39)/t24-,27+,28-,29-,31+,34+,35-/m1/s1. The number of fused-ring (bicyclic) bond motifs is 5. The van der Waals surface area contributed by atoms with Crippen LogP contribution in [-0.4, -0.2) is 84.8 Å². The number of nitrogens with zero attached hydrogens (tertiary/aromatic N) is 1. The second-order valence-electron chi connectivity index (χ2n) is 13.5. The number of likely N-dealkylation sites (N-methyl/N-ethyl adjacent to an activating group) is 1. The molecule has 0 saturated carbocycles. The van der Waals surface area contributed by atoms with Crippen LogP contribution in [0, 0.1) is 29.1 Å². The number of nitrogens with two attached hydrogens (primary N) is 1. The topological polar surface area (TPSA) is 171 Å². The van der Waals surface area contributed by atoms with Crippen molar-refractivity contribution in [2.45, 2.75) is 109 Å². The summed E-state index contributed by atoms with van der Waals surface area (Å²) in [5.41, 5.74) is 6.76. The molecule has 7 atom stereocenters. The van der Waals surface area contributed by atoms with Gasteiger partial charge in [0.05, 0.1) is 12.7 Å². The van der Waals surface area contributed by atoms with E-state index in [1.807, 2.05) is 13.1 Å². The number of guanidine groups is 1. The van der Waals surface area contributed by atoms with E-state index < -0.39 is 23.6 Å². The molecule has 11 nitrogen and oxygen atoms in total. The zero-order chi connectivity index (χ0) is 33.3. The van der Waals surface area contributed by atoms with E-state index in [4.69, 9.17) is 15.2 Å². The zero-order valence-corrected chi connectivity index (χ0v) is 28.0. The van der Waals surface area contributed by atoms with E-state index in [2.05, 4.69) is 39.7 Å². The number of phenolic OH excluding ortho intramolecular Hbond substituents is 1. The smallest absolute Gasteiger partial charge is 0.302 e. The molecule has 4 bridgehead atoms. The van der Waals surface area contributed by atoms with Gasteiger partial charge in [0.15, 0.2) is 17.5 Å². The van der Waals surface area contributed by atoms with Crippen molar-refractivity contribution in [3.8, 4) is 23.3 Å². The minimum atomic E-state index is -0.712. The van der Waals surface area contributed by atoms with Crippen LogP contribution in [0.25, 0.3) is 0 Å². The molecule has 1 aliphatic carbocycles. The summed E-state index contributed by atoms with van der Waals surface area (Å²) in [5, 5.41) is 43.1. The van der Waals surface area contributed by atoms with Crippen molar-refractivity contribution in [2.75, 3.05) is 33.7 Å². The van der Waals surface area contributed by atoms with Crippen LogP contribution < -0.4 is 26.4 Å². The Kier molecular flexibility index (Phi) is 12.6. The van der Waals surface area contributed by atoms with E-state index in [9.17, 15) is 20.1 Å². The molecule has 0 aromatic heterocycles. The van der Waals surface area contributed by atoms with E-state index in [1.165, 1.54) is 6.92 Å². The highest BCUT2D eigenvalue weighted by Crippen LogP contribution is 2.40. The zero-order valence-electron chi connectivity index (χ0n) is 28.0. The number of carbonyl (C=O) groups excluding carboxylic acids is 1. The largest absolute Gasteiger partial charge is 0.504 e. The number of rotatable bonds is 7. The maximum absolute atomic E-state index is 12.5. The van der Waals surface area contributed by atoms with Gasteiger partial charge in [-0.3, -0.25) is 9.79 Å². The number of aliphatic hydroxyl groups is 2. The summed E-state index contributed by atoms with van der Waals surface area (Å²) in [6, 6.07) is 3.41. The SMILES string of the molecule is CC[C@]1(CNC(N)=NC)C#C[C@H]2CCC[C@]3(CNC)C[C@@H](CCN3)Oc3cc(c(CO)cc3O)C[C@H]2[C@@H](OC(C)=O)C[C@@H](O)CC1. The number of hydrogen-bond donors (Lipinski definition) is 7. The number of esters is 1. The first-order chi connectivity index (χ1) is 22.0. The monoisotopic (exact) mass is 641 g/mol. The predicted molar refractivity (Wildman–Crippen MR) is 178 cm³/mol. The number of carbonyl (C=O) groups is 1. The minimum absolute atomic E-state index is 0.00945. The van der Waals surface area contributed by atoms with Crippen molar-refractivity contribution in [3.63, 3.8) is 0 Å². The first-order valence-electron chi connectivity index (χ1n) is 16.9. The van der Waals surface area contributed by atoms with Crippen LogP contribution >= 0.6 is 0 Å². The van der Waals surface area contributed by atoms with E-state index in [0.717, 1.165) is 57.2 Å². The van der Waals surface area contributed by atoms with E-state index in [0.29, 0.717) is 43.1 Å². The highest BCUT2D eigenvalue weighted by atomic mass is 16.5. The lowest BCUT2D eigenvalue weighted by Crippen LogP contribution is -2.58. The Morgan fingerprint density at radius 1 is 1.26 bits per heavy atom. The molecule has 4 rings (SSSR count). The molecule has 0 radical (unpaired) electrons. The molecule has 1 fully saturated rings. The maximum atomic E-state index is 12.5. The van der Waals surface area contributed by atoms with Crippen molar-refractivity contribution < 1.29 is 29.6 Å². The minimum Gasteiger partial charge on any atom is -0.504 e. The Hall–Kier alpha value is -3.04. The number of aromatic hydroxyl groups is 1. The van der Waals surface area contributed by atoms with Gasteiger partial charge in [0.2, 0.25) is 0 Å². The summed E-state index contributed by atoms with van der Waals surface area (Å²) in [7, 11) is 3.60. The van der Waals surface area contributed by atoms with Crippen molar-refractivity contribution in [1.82, 2.24) is 16.0 Å². The molecular weight excluding hydrogens is 586 g/mol. The molecule has 0 amide bonds. The van der Waals surface area contributed by atoms with E-state index >= 15 is 0 Å². The van der Waals surface area contributed by atoms with Crippen LogP contribution in [0.4, 0.5) is 0 Å². The number of ether oxygens (including phenoxy) is 2. The summed E-state index contributed by atoms with van der Waals surface area (Å²) in [5.74, 6) is 7.19. The molecule has 1 aromatic carbocycles. The molecule has 8 N–H and O–H groups in total. The Morgan fingerprint density at radius 2 is 2.07 bits per heavy atom. The fourth-order valence-electron chi connectivity index (χ4n) is 7.59. The summed E-state index contributed by atoms with van der Waals surface area (Å²) in [6.45, 7) is 5.30. The van der Waals surface area contributed by atoms with Crippen LogP contribution in [-0.2, 0) is 22.6 Å². The number of piperidine rings is 1. The van der Waals surface area contributed by atoms with Crippen molar-refractivity contribution in [2.24, 2.45) is 28.0 Å². The quantitative estimate of drug-likeness (QED) is 0.102. The van der Waals surface area contributed by atoms with Gasteiger partial charge in [0, 0.05) is 62.7 Å². The van der Waals surface area contributed by atoms with Crippen LogP contribution in [0.5, 0.6) is 11.5 Å². The number of aliphatic imine (C=N–C) groups is 1. The van der Waals surface area contributed by atoms with Gasteiger partial charge >= 0.3 is 5.97 Å². The first kappa shape index (κ1) is 35.8. The fraction of sp³-hybridized carbons (Fsp3) is 0.714. The Bertz CT molecular complexity index is 1280. The van der Waals surface area contributed by atoms with Gasteiger partial charge in [-0.25, -0.2) is 0 Å². The van der Waals surface area contributed by atoms with Gasteiger partial charge in [-0.15, -0.1) is 0 Å². The average Bonchev–Trinajstić information content (AvgIpc) is 3.03. The molecule has 3 aliphatic rings. The summed E-state index contributed by atoms with van der Waals surface area (Å²) in [6.07, 6.45) is 5.29. The Balaban J connectivity index is 1.87. The summed E-state index contributed by atoms with van der Waals surface area (Å²) in [4.78, 5) is 16.6. The van der Waals surface area contributed by atoms with E-state index in [-0.39, 0.29) is 42.3 Å². The molecule has 1 aromatic rings. The lowest BCUT2D eigenvalue weighted by atomic mass is 9.73. The Labute approximate surface area is 274 Å². The number of nitrogens with one attached hydrogen (secondary N) is 3. The first-order valence-corrected chi connectivity index (χ1v) is 16.9. The molecule has 256 valence electrons. The lowest BCUT2D eigenvalue weighted by Gasteiger charge is -2.42. The maximum Gasteiger partial charge on any atom is 0.302 e. The third kappa shape index (κ3) is 9.06. The molecular formula is C35H55N5O6. The van der Waals surface area contributed by atoms with Crippen LogP contribution in [0.15, 0.2) is 17.1 Å². The highest BCUT2D eigenvalue weighted by molar-refractivity contribution is 5.77. The van der Waals surface area contributed by atoms with Crippen molar-refractivity contribution in [3.05, 3.63) is 23.3 Å². The molecule has 0 unspecified atom stereocenters.